The van der Waals surface area contributed by atoms with Crippen LogP contribution in [0.25, 0.3) is 0 Å². The van der Waals surface area contributed by atoms with Gasteiger partial charge in [-0.15, -0.1) is 0 Å². The lowest BCUT2D eigenvalue weighted by atomic mass is 10.2. The Hall–Kier alpha value is -0.920. The average molecular weight is 389 g/mol. The number of hydrogen-bond acceptors (Lipinski definition) is 3. The van der Waals surface area contributed by atoms with Crippen molar-refractivity contribution in [2.45, 2.75) is 32.6 Å². The van der Waals surface area contributed by atoms with Crippen molar-refractivity contribution < 1.29 is 13.2 Å². The number of amides is 1. The molecular formula is C15H21BrN2O3S. The standard InChI is InChI=1S/C15H21BrN2O3S/c1-12-11-13(16)5-6-14(12)17-15(19)7-10-22(20,21)18-8-3-2-4-9-18/h5-6,11H,2-4,7-10H2,1H3,(H,17,19). The Morgan fingerprint density at radius 2 is 1.95 bits per heavy atom. The third-order valence-electron chi connectivity index (χ3n) is 3.76. The second-order valence-corrected chi connectivity index (χ2v) is 8.54. The number of sulfonamides is 1. The van der Waals surface area contributed by atoms with Gasteiger partial charge in [-0.1, -0.05) is 22.4 Å². The van der Waals surface area contributed by atoms with Crippen LogP contribution in [0, 0.1) is 6.92 Å². The number of hydrogen-bond donors (Lipinski definition) is 1. The first-order chi connectivity index (χ1) is 10.4. The maximum Gasteiger partial charge on any atom is 0.225 e. The number of carbonyl (C=O) groups is 1. The highest BCUT2D eigenvalue weighted by atomic mass is 79.9. The molecule has 2 rings (SSSR count). The van der Waals surface area contributed by atoms with Gasteiger partial charge < -0.3 is 5.32 Å². The highest BCUT2D eigenvalue weighted by Gasteiger charge is 2.24. The zero-order valence-corrected chi connectivity index (χ0v) is 15.0. The number of benzene rings is 1. The third-order valence-corrected chi connectivity index (χ3v) is 6.12. The number of piperidine rings is 1. The lowest BCUT2D eigenvalue weighted by Gasteiger charge is -2.25. The van der Waals surface area contributed by atoms with Crippen LogP contribution >= 0.6 is 15.9 Å². The number of nitrogens with zero attached hydrogens (tertiary/aromatic N) is 1. The molecule has 0 saturated carbocycles. The van der Waals surface area contributed by atoms with Gasteiger partial charge in [-0.2, -0.15) is 0 Å². The average Bonchev–Trinajstić information content (AvgIpc) is 2.49. The van der Waals surface area contributed by atoms with Crippen LogP contribution in [0.1, 0.15) is 31.2 Å². The van der Waals surface area contributed by atoms with Crippen LogP contribution in [0.15, 0.2) is 22.7 Å². The smallest absolute Gasteiger partial charge is 0.225 e. The summed E-state index contributed by atoms with van der Waals surface area (Å²) in [6.07, 6.45) is 2.87. The van der Waals surface area contributed by atoms with Gasteiger partial charge in [0.2, 0.25) is 15.9 Å². The molecule has 0 spiro atoms. The van der Waals surface area contributed by atoms with E-state index in [2.05, 4.69) is 21.2 Å². The van der Waals surface area contributed by atoms with Crippen LogP contribution in [0.3, 0.4) is 0 Å². The fourth-order valence-electron chi connectivity index (χ4n) is 2.47. The quantitative estimate of drug-likeness (QED) is 0.842. The first-order valence-corrected chi connectivity index (χ1v) is 9.82. The monoisotopic (exact) mass is 388 g/mol. The van der Waals surface area contributed by atoms with Crippen molar-refractivity contribution in [2.75, 3.05) is 24.2 Å². The summed E-state index contributed by atoms with van der Waals surface area (Å²) in [6, 6.07) is 5.55. The second kappa shape index (κ2) is 7.57. The van der Waals surface area contributed by atoms with Crippen LogP contribution in [-0.4, -0.2) is 37.5 Å². The van der Waals surface area contributed by atoms with E-state index in [0.717, 1.165) is 29.3 Å². The van der Waals surface area contributed by atoms with Gasteiger partial charge in [-0.3, -0.25) is 4.79 Å². The number of anilines is 1. The highest BCUT2D eigenvalue weighted by molar-refractivity contribution is 9.10. The van der Waals surface area contributed by atoms with Gasteiger partial charge in [0.05, 0.1) is 5.75 Å². The molecule has 5 nitrogen and oxygen atoms in total. The van der Waals surface area contributed by atoms with E-state index in [0.29, 0.717) is 18.8 Å². The highest BCUT2D eigenvalue weighted by Crippen LogP contribution is 2.20. The number of rotatable bonds is 5. The van der Waals surface area contributed by atoms with Crippen molar-refractivity contribution in [3.63, 3.8) is 0 Å². The Labute approximate surface area is 140 Å². The zero-order valence-electron chi connectivity index (χ0n) is 12.6. The van der Waals surface area contributed by atoms with E-state index < -0.39 is 10.0 Å². The summed E-state index contributed by atoms with van der Waals surface area (Å²) in [5.74, 6) is -0.403. The predicted molar refractivity (Wildman–Crippen MR) is 91.3 cm³/mol. The Balaban J connectivity index is 1.89. The molecule has 0 aliphatic carbocycles. The van der Waals surface area contributed by atoms with Crippen molar-refractivity contribution in [3.8, 4) is 0 Å². The minimum absolute atomic E-state index is 0.0195. The van der Waals surface area contributed by atoms with Crippen LogP contribution in [-0.2, 0) is 14.8 Å². The lowest BCUT2D eigenvalue weighted by Crippen LogP contribution is -2.37. The molecular weight excluding hydrogens is 368 g/mol. The number of aryl methyl sites for hydroxylation is 1. The van der Waals surface area contributed by atoms with Gasteiger partial charge in [-0.05, 0) is 43.5 Å². The summed E-state index contributed by atoms with van der Waals surface area (Å²) in [5.41, 5.74) is 1.64. The zero-order chi connectivity index (χ0) is 16.2. The summed E-state index contributed by atoms with van der Waals surface area (Å²) in [4.78, 5) is 12.0. The van der Waals surface area contributed by atoms with Crippen LogP contribution in [0.4, 0.5) is 5.69 Å². The molecule has 1 N–H and O–H groups in total. The normalized spacial score (nSPS) is 16.5. The Morgan fingerprint density at radius 3 is 2.59 bits per heavy atom. The topological polar surface area (TPSA) is 66.5 Å². The molecule has 1 fully saturated rings. The van der Waals surface area contributed by atoms with E-state index in [9.17, 15) is 13.2 Å². The Morgan fingerprint density at radius 1 is 1.27 bits per heavy atom. The molecule has 0 unspecified atom stereocenters. The fourth-order valence-corrected chi connectivity index (χ4v) is 4.47. The first-order valence-electron chi connectivity index (χ1n) is 7.42. The van der Waals surface area contributed by atoms with Gasteiger partial charge in [0.15, 0.2) is 0 Å². The van der Waals surface area contributed by atoms with Crippen molar-refractivity contribution >= 4 is 37.5 Å². The van der Waals surface area contributed by atoms with Crippen molar-refractivity contribution in [1.29, 1.82) is 0 Å². The fraction of sp³-hybridized carbons (Fsp3) is 0.533. The molecule has 0 radical (unpaired) electrons. The second-order valence-electron chi connectivity index (χ2n) is 5.53. The largest absolute Gasteiger partial charge is 0.326 e. The van der Waals surface area contributed by atoms with Crippen LogP contribution < -0.4 is 5.32 Å². The summed E-state index contributed by atoms with van der Waals surface area (Å²) < 4.78 is 26.8. The minimum Gasteiger partial charge on any atom is -0.326 e. The number of halogens is 1. The predicted octanol–water partition coefficient (Wildman–Crippen LogP) is 2.90. The van der Waals surface area contributed by atoms with Gasteiger partial charge in [-0.25, -0.2) is 12.7 Å². The Kier molecular flexibility index (Phi) is 6.00. The molecule has 0 aromatic heterocycles. The summed E-state index contributed by atoms with van der Waals surface area (Å²) in [5, 5.41) is 2.77. The molecule has 122 valence electrons. The first kappa shape index (κ1) is 17.4. The van der Waals surface area contributed by atoms with Crippen LogP contribution in [0.5, 0.6) is 0 Å². The van der Waals surface area contributed by atoms with Gasteiger partial charge in [0, 0.05) is 29.7 Å². The van der Waals surface area contributed by atoms with E-state index in [1.54, 1.807) is 6.07 Å². The molecule has 1 aromatic rings. The summed E-state index contributed by atoms with van der Waals surface area (Å²) >= 11 is 3.37. The molecule has 0 bridgehead atoms. The molecule has 7 heteroatoms. The molecule has 1 heterocycles. The van der Waals surface area contributed by atoms with E-state index in [-0.39, 0.29) is 18.1 Å². The van der Waals surface area contributed by atoms with Crippen molar-refractivity contribution in [1.82, 2.24) is 4.31 Å². The summed E-state index contributed by atoms with van der Waals surface area (Å²) in [6.45, 7) is 3.05. The van der Waals surface area contributed by atoms with Gasteiger partial charge >= 0.3 is 0 Å². The SMILES string of the molecule is Cc1cc(Br)ccc1NC(=O)CCS(=O)(=O)N1CCCCC1. The summed E-state index contributed by atoms with van der Waals surface area (Å²) in [7, 11) is -3.32. The number of nitrogens with one attached hydrogen (secondary N) is 1. The molecule has 1 aliphatic rings. The minimum atomic E-state index is -3.32. The van der Waals surface area contributed by atoms with Gasteiger partial charge in [0.25, 0.3) is 0 Å². The van der Waals surface area contributed by atoms with E-state index >= 15 is 0 Å². The molecule has 1 amide bonds. The third kappa shape index (κ3) is 4.79. The van der Waals surface area contributed by atoms with E-state index in [1.807, 2.05) is 19.1 Å². The van der Waals surface area contributed by atoms with E-state index in [1.165, 1.54) is 4.31 Å². The van der Waals surface area contributed by atoms with Crippen molar-refractivity contribution in [2.24, 2.45) is 0 Å². The molecule has 1 saturated heterocycles. The van der Waals surface area contributed by atoms with Crippen molar-refractivity contribution in [3.05, 3.63) is 28.2 Å². The van der Waals surface area contributed by atoms with E-state index in [4.69, 9.17) is 0 Å². The molecule has 1 aliphatic heterocycles. The van der Waals surface area contributed by atoms with Gasteiger partial charge in [0.1, 0.15) is 0 Å². The number of carbonyl (C=O) groups excluding carboxylic acids is 1. The lowest BCUT2D eigenvalue weighted by molar-refractivity contribution is -0.115. The molecule has 22 heavy (non-hydrogen) atoms. The molecule has 0 atom stereocenters. The van der Waals surface area contributed by atoms with Crippen LogP contribution in [0.2, 0.25) is 0 Å². The molecule has 1 aromatic carbocycles. The maximum absolute atomic E-state index is 12.2. The maximum atomic E-state index is 12.2. The Bertz CT molecular complexity index is 640.